The summed E-state index contributed by atoms with van der Waals surface area (Å²) in [6.45, 7) is 0. The number of benzene rings is 3. The Kier molecular flexibility index (Phi) is 6.61. The Bertz CT molecular complexity index is 1380. The van der Waals surface area contributed by atoms with Crippen LogP contribution in [-0.2, 0) is 4.74 Å². The Labute approximate surface area is 223 Å². The average molecular weight is 543 g/mol. The number of allylic oxidation sites excluding steroid dienone is 1. The molecule has 0 saturated heterocycles. The summed E-state index contributed by atoms with van der Waals surface area (Å²) in [5, 5.41) is 0. The van der Waals surface area contributed by atoms with Crippen LogP contribution in [0.1, 0.15) is 56.4 Å². The predicted molar refractivity (Wildman–Crippen MR) is 137 cm³/mol. The molecule has 2 saturated carbocycles. The maximum Gasteiger partial charge on any atom is 0.365 e. The molecule has 2 atom stereocenters. The predicted octanol–water partition coefficient (Wildman–Crippen LogP) is 9.57. The van der Waals surface area contributed by atoms with Gasteiger partial charge in [0.25, 0.3) is 0 Å². The van der Waals surface area contributed by atoms with Crippen LogP contribution in [0.25, 0.3) is 22.3 Å². The highest BCUT2D eigenvalue weighted by Gasteiger charge is 2.59. The van der Waals surface area contributed by atoms with Gasteiger partial charge in [0.15, 0.2) is 17.5 Å². The Morgan fingerprint density at radius 3 is 1.95 bits per heavy atom. The van der Waals surface area contributed by atoms with E-state index in [1.807, 2.05) is 12.1 Å². The molecule has 2 fully saturated rings. The standard InChI is InChI=1S/C32H28F6O/c33-27-15-23(20-5-8-25(9-6-20)39-32(37,38)31-13-11-19(18-31)12-14-31)7-10-26(27)22-3-1-21(2-4-22)24-16-28(34)30(36)29(35)17-24/h1-4,7,10-11,13,15-17,19-20,25H,5-6,8-9,12,14,18H2/t19?,20?,25?,31-/m1/s1. The lowest BCUT2D eigenvalue weighted by Gasteiger charge is -2.38. The van der Waals surface area contributed by atoms with E-state index in [1.54, 1.807) is 36.4 Å². The molecule has 0 radical (unpaired) electrons. The first-order valence-corrected chi connectivity index (χ1v) is 13.4. The van der Waals surface area contributed by atoms with Crippen molar-refractivity contribution in [3.63, 3.8) is 0 Å². The first-order valence-electron chi connectivity index (χ1n) is 13.4. The Morgan fingerprint density at radius 1 is 0.718 bits per heavy atom. The number of halogens is 6. The van der Waals surface area contributed by atoms with E-state index in [9.17, 15) is 13.2 Å². The molecule has 1 unspecified atom stereocenters. The molecule has 0 heterocycles. The normalized spacial score (nSPS) is 26.4. The van der Waals surface area contributed by atoms with Crippen molar-refractivity contribution < 1.29 is 31.1 Å². The van der Waals surface area contributed by atoms with Gasteiger partial charge in [-0.15, -0.1) is 0 Å². The molecule has 0 amide bonds. The van der Waals surface area contributed by atoms with Crippen molar-refractivity contribution in [2.75, 3.05) is 0 Å². The van der Waals surface area contributed by atoms with E-state index in [0.29, 0.717) is 55.2 Å². The summed E-state index contributed by atoms with van der Waals surface area (Å²) in [6, 6.07) is 13.3. The van der Waals surface area contributed by atoms with Gasteiger partial charge in [-0.2, -0.15) is 8.78 Å². The van der Waals surface area contributed by atoms with E-state index in [4.69, 9.17) is 4.74 Å². The molecule has 2 bridgehead atoms. The zero-order valence-electron chi connectivity index (χ0n) is 21.2. The molecule has 204 valence electrons. The van der Waals surface area contributed by atoms with Crippen LogP contribution >= 0.6 is 0 Å². The Hall–Kier alpha value is -3.06. The molecular weight excluding hydrogens is 514 g/mol. The van der Waals surface area contributed by atoms with Gasteiger partial charge in [0.1, 0.15) is 5.82 Å². The number of fused-ring (bicyclic) bond motifs is 2. The molecule has 3 aliphatic carbocycles. The van der Waals surface area contributed by atoms with Gasteiger partial charge in [0, 0.05) is 5.56 Å². The van der Waals surface area contributed by atoms with E-state index in [0.717, 1.165) is 24.1 Å². The molecule has 0 N–H and O–H groups in total. The van der Waals surface area contributed by atoms with Crippen molar-refractivity contribution in [2.24, 2.45) is 11.3 Å². The average Bonchev–Trinajstić information content (AvgIpc) is 3.56. The quantitative estimate of drug-likeness (QED) is 0.171. The second-order valence-electron chi connectivity index (χ2n) is 11.2. The minimum Gasteiger partial charge on any atom is -0.316 e. The van der Waals surface area contributed by atoms with Crippen LogP contribution < -0.4 is 0 Å². The summed E-state index contributed by atoms with van der Waals surface area (Å²) in [6.07, 6.45) is 3.89. The van der Waals surface area contributed by atoms with Gasteiger partial charge in [0.05, 0.1) is 11.5 Å². The van der Waals surface area contributed by atoms with Gasteiger partial charge in [-0.25, -0.2) is 17.6 Å². The van der Waals surface area contributed by atoms with Gasteiger partial charge < -0.3 is 4.74 Å². The second kappa shape index (κ2) is 9.84. The number of rotatable bonds is 6. The van der Waals surface area contributed by atoms with Gasteiger partial charge in [-0.3, -0.25) is 0 Å². The molecule has 0 aromatic heterocycles. The van der Waals surface area contributed by atoms with E-state index < -0.39 is 40.9 Å². The highest BCUT2D eigenvalue weighted by atomic mass is 19.3. The van der Waals surface area contributed by atoms with Crippen molar-refractivity contribution in [3.8, 4) is 22.3 Å². The third-order valence-electron chi connectivity index (χ3n) is 8.82. The van der Waals surface area contributed by atoms with Crippen molar-refractivity contribution in [1.29, 1.82) is 0 Å². The molecule has 0 spiro atoms. The van der Waals surface area contributed by atoms with Crippen LogP contribution in [0, 0.1) is 34.6 Å². The first-order chi connectivity index (χ1) is 18.6. The van der Waals surface area contributed by atoms with E-state index in [-0.39, 0.29) is 17.4 Å². The van der Waals surface area contributed by atoms with Gasteiger partial charge in [0.2, 0.25) is 0 Å². The molecular formula is C32H28F6O. The molecule has 0 aliphatic heterocycles. The summed E-state index contributed by atoms with van der Waals surface area (Å²) in [5.41, 5.74) is 1.27. The zero-order valence-corrected chi connectivity index (χ0v) is 21.2. The second-order valence-corrected chi connectivity index (χ2v) is 11.2. The molecule has 3 aliphatic rings. The largest absolute Gasteiger partial charge is 0.365 e. The maximum absolute atomic E-state index is 15.2. The third kappa shape index (κ3) is 4.79. The van der Waals surface area contributed by atoms with E-state index in [2.05, 4.69) is 0 Å². The number of ether oxygens (including phenoxy) is 1. The lowest BCUT2D eigenvalue weighted by Crippen LogP contribution is -2.43. The zero-order chi connectivity index (χ0) is 27.4. The molecule has 6 rings (SSSR count). The minimum atomic E-state index is -3.17. The summed E-state index contributed by atoms with van der Waals surface area (Å²) >= 11 is 0. The van der Waals surface area contributed by atoms with Crippen LogP contribution in [0.2, 0.25) is 0 Å². The lowest BCUT2D eigenvalue weighted by atomic mass is 9.81. The third-order valence-corrected chi connectivity index (χ3v) is 8.82. The summed E-state index contributed by atoms with van der Waals surface area (Å²) in [7, 11) is 0. The monoisotopic (exact) mass is 542 g/mol. The molecule has 7 heteroatoms. The van der Waals surface area contributed by atoms with Crippen LogP contribution in [-0.4, -0.2) is 12.2 Å². The van der Waals surface area contributed by atoms with E-state index in [1.165, 1.54) is 6.07 Å². The van der Waals surface area contributed by atoms with Crippen molar-refractivity contribution in [3.05, 3.63) is 95.6 Å². The fraction of sp³-hybridized carbons (Fsp3) is 0.375. The Balaban J connectivity index is 1.10. The molecule has 39 heavy (non-hydrogen) atoms. The van der Waals surface area contributed by atoms with Crippen LogP contribution in [0.4, 0.5) is 26.3 Å². The summed E-state index contributed by atoms with van der Waals surface area (Å²) in [4.78, 5) is 0. The van der Waals surface area contributed by atoms with Crippen LogP contribution in [0.5, 0.6) is 0 Å². The number of alkyl halides is 2. The molecule has 1 nitrogen and oxygen atoms in total. The van der Waals surface area contributed by atoms with Crippen LogP contribution in [0.15, 0.2) is 66.7 Å². The topological polar surface area (TPSA) is 9.23 Å². The maximum atomic E-state index is 15.2. The van der Waals surface area contributed by atoms with Crippen molar-refractivity contribution in [2.45, 2.75) is 63.1 Å². The molecule has 3 aromatic rings. The molecule has 3 aromatic carbocycles. The van der Waals surface area contributed by atoms with Crippen LogP contribution in [0.3, 0.4) is 0 Å². The highest BCUT2D eigenvalue weighted by molar-refractivity contribution is 5.71. The Morgan fingerprint density at radius 2 is 1.38 bits per heavy atom. The highest BCUT2D eigenvalue weighted by Crippen LogP contribution is 2.58. The van der Waals surface area contributed by atoms with E-state index >= 15 is 13.2 Å². The fourth-order valence-corrected chi connectivity index (χ4v) is 6.54. The number of hydrogen-bond acceptors (Lipinski definition) is 1. The SMILES string of the molecule is Fc1cc(C2CCC(OC(F)(F)[C@]34C=CC(CC3)C4)CC2)ccc1-c1ccc(-c2cc(F)c(F)c(F)c2)cc1. The number of hydrogen-bond donors (Lipinski definition) is 0. The lowest BCUT2D eigenvalue weighted by molar-refractivity contribution is -0.315. The smallest absolute Gasteiger partial charge is 0.316 e. The van der Waals surface area contributed by atoms with Gasteiger partial charge in [-0.05, 0) is 97.2 Å². The van der Waals surface area contributed by atoms with Crippen molar-refractivity contribution in [1.82, 2.24) is 0 Å². The van der Waals surface area contributed by atoms with Gasteiger partial charge >= 0.3 is 6.11 Å². The minimum absolute atomic E-state index is 0.0630. The summed E-state index contributed by atoms with van der Waals surface area (Å²) < 4.78 is 91.2. The van der Waals surface area contributed by atoms with Crippen molar-refractivity contribution >= 4 is 0 Å². The summed E-state index contributed by atoms with van der Waals surface area (Å²) in [5.74, 6) is -4.18. The fourth-order valence-electron chi connectivity index (χ4n) is 6.54. The first kappa shape index (κ1) is 26.2. The van der Waals surface area contributed by atoms with Gasteiger partial charge in [-0.1, -0.05) is 48.6 Å².